The van der Waals surface area contributed by atoms with E-state index >= 15 is 0 Å². The molecular weight excluding hydrogens is 248 g/mol. The number of carbonyl (C=O) groups is 1. The van der Waals surface area contributed by atoms with Gasteiger partial charge < -0.3 is 9.80 Å². The van der Waals surface area contributed by atoms with Crippen LogP contribution in [0.1, 0.15) is 65.2 Å². The van der Waals surface area contributed by atoms with Gasteiger partial charge in [0.15, 0.2) is 0 Å². The van der Waals surface area contributed by atoms with Crippen molar-refractivity contribution in [2.24, 2.45) is 5.92 Å². The number of hydrogen-bond acceptors (Lipinski definition) is 2. The van der Waals surface area contributed by atoms with E-state index in [2.05, 4.69) is 30.7 Å². The second-order valence-electron chi connectivity index (χ2n) is 6.32. The number of rotatable bonds is 9. The van der Waals surface area contributed by atoms with Crippen LogP contribution in [-0.4, -0.2) is 48.9 Å². The molecule has 1 atom stereocenters. The molecule has 0 saturated carbocycles. The normalized spacial score (nSPS) is 18.2. The molecule has 1 unspecified atom stereocenters. The highest BCUT2D eigenvalue weighted by atomic mass is 16.2. The maximum absolute atomic E-state index is 12.7. The lowest BCUT2D eigenvalue weighted by atomic mass is 9.93. The maximum Gasteiger partial charge on any atom is 0.225 e. The molecule has 1 saturated heterocycles. The van der Waals surface area contributed by atoms with Gasteiger partial charge in [-0.15, -0.1) is 0 Å². The van der Waals surface area contributed by atoms with Crippen molar-refractivity contribution in [3.05, 3.63) is 0 Å². The zero-order valence-electron chi connectivity index (χ0n) is 13.9. The molecule has 1 amide bonds. The van der Waals surface area contributed by atoms with E-state index in [-0.39, 0.29) is 5.92 Å². The van der Waals surface area contributed by atoms with Crippen molar-refractivity contribution >= 4 is 5.91 Å². The standard InChI is InChI=1S/C17H34N2O/c1-4-6-8-9-11-16(10-7-5-2)17(20)19-14-12-18(3)13-15-19/h16H,4-15H2,1-3H3. The summed E-state index contributed by atoms with van der Waals surface area (Å²) in [5.74, 6) is 0.721. The highest BCUT2D eigenvalue weighted by molar-refractivity contribution is 5.78. The largest absolute Gasteiger partial charge is 0.340 e. The third-order valence-corrected chi connectivity index (χ3v) is 4.48. The minimum atomic E-state index is 0.287. The van der Waals surface area contributed by atoms with Gasteiger partial charge in [-0.3, -0.25) is 4.79 Å². The van der Waals surface area contributed by atoms with E-state index in [4.69, 9.17) is 0 Å². The Kier molecular flexibility index (Phi) is 8.92. The quantitative estimate of drug-likeness (QED) is 0.604. The Bertz CT molecular complexity index is 260. The van der Waals surface area contributed by atoms with E-state index in [1.165, 1.54) is 38.5 Å². The van der Waals surface area contributed by atoms with Gasteiger partial charge in [0.2, 0.25) is 5.91 Å². The summed E-state index contributed by atoms with van der Waals surface area (Å²) in [5, 5.41) is 0. The predicted molar refractivity (Wildman–Crippen MR) is 85.9 cm³/mol. The Morgan fingerprint density at radius 3 is 2.10 bits per heavy atom. The third-order valence-electron chi connectivity index (χ3n) is 4.48. The number of amides is 1. The van der Waals surface area contributed by atoms with Crippen LogP contribution in [-0.2, 0) is 4.79 Å². The van der Waals surface area contributed by atoms with Gasteiger partial charge in [0.05, 0.1) is 0 Å². The summed E-state index contributed by atoms with van der Waals surface area (Å²) in [7, 11) is 2.14. The first-order chi connectivity index (χ1) is 9.69. The average Bonchev–Trinajstić information content (AvgIpc) is 2.47. The van der Waals surface area contributed by atoms with Crippen molar-refractivity contribution in [2.45, 2.75) is 65.2 Å². The van der Waals surface area contributed by atoms with E-state index in [1.807, 2.05) is 0 Å². The second kappa shape index (κ2) is 10.2. The van der Waals surface area contributed by atoms with Crippen LogP contribution < -0.4 is 0 Å². The summed E-state index contributed by atoms with van der Waals surface area (Å²) in [6, 6.07) is 0. The third kappa shape index (κ3) is 6.25. The summed E-state index contributed by atoms with van der Waals surface area (Å²) in [6.07, 6.45) is 9.67. The van der Waals surface area contributed by atoms with Crippen molar-refractivity contribution in [1.29, 1.82) is 0 Å². The first-order valence-corrected chi connectivity index (χ1v) is 8.66. The van der Waals surface area contributed by atoms with E-state index in [1.54, 1.807) is 0 Å². The van der Waals surface area contributed by atoms with Gasteiger partial charge in [-0.25, -0.2) is 0 Å². The van der Waals surface area contributed by atoms with Gasteiger partial charge in [0, 0.05) is 32.1 Å². The molecule has 0 bridgehead atoms. The minimum Gasteiger partial charge on any atom is -0.340 e. The van der Waals surface area contributed by atoms with Crippen LogP contribution in [0.2, 0.25) is 0 Å². The van der Waals surface area contributed by atoms with Crippen molar-refractivity contribution in [1.82, 2.24) is 9.80 Å². The summed E-state index contributed by atoms with van der Waals surface area (Å²) >= 11 is 0. The number of unbranched alkanes of at least 4 members (excludes halogenated alkanes) is 4. The molecule has 3 heteroatoms. The molecule has 1 aliphatic rings. The van der Waals surface area contributed by atoms with Crippen molar-refractivity contribution < 1.29 is 4.79 Å². The maximum atomic E-state index is 12.7. The predicted octanol–water partition coefficient (Wildman–Crippen LogP) is 3.54. The van der Waals surface area contributed by atoms with Crippen LogP contribution in [0.4, 0.5) is 0 Å². The molecule has 0 N–H and O–H groups in total. The molecule has 1 heterocycles. The van der Waals surface area contributed by atoms with Gasteiger partial charge in [-0.2, -0.15) is 0 Å². The Labute approximate surface area is 125 Å². The van der Waals surface area contributed by atoms with E-state index in [0.29, 0.717) is 5.91 Å². The highest BCUT2D eigenvalue weighted by Gasteiger charge is 2.25. The van der Waals surface area contributed by atoms with Gasteiger partial charge in [-0.1, -0.05) is 52.4 Å². The lowest BCUT2D eigenvalue weighted by Crippen LogP contribution is -2.49. The van der Waals surface area contributed by atoms with Crippen molar-refractivity contribution in [3.8, 4) is 0 Å². The van der Waals surface area contributed by atoms with Crippen LogP contribution in [0, 0.1) is 5.92 Å². The van der Waals surface area contributed by atoms with Gasteiger partial charge in [-0.05, 0) is 19.9 Å². The molecule has 1 fully saturated rings. The van der Waals surface area contributed by atoms with Crippen LogP contribution in [0.5, 0.6) is 0 Å². The second-order valence-corrected chi connectivity index (χ2v) is 6.32. The molecule has 3 nitrogen and oxygen atoms in total. The molecule has 1 aliphatic heterocycles. The number of hydrogen-bond donors (Lipinski definition) is 0. The van der Waals surface area contributed by atoms with Crippen molar-refractivity contribution in [2.75, 3.05) is 33.2 Å². The van der Waals surface area contributed by atoms with Crippen LogP contribution in [0.15, 0.2) is 0 Å². The molecular formula is C17H34N2O. The lowest BCUT2D eigenvalue weighted by molar-refractivity contribution is -0.137. The zero-order valence-corrected chi connectivity index (χ0v) is 13.9. The van der Waals surface area contributed by atoms with Crippen LogP contribution in [0.3, 0.4) is 0 Å². The Hall–Kier alpha value is -0.570. The Morgan fingerprint density at radius 2 is 1.50 bits per heavy atom. The summed E-state index contributed by atoms with van der Waals surface area (Å²) in [4.78, 5) is 17.1. The number of piperazine rings is 1. The topological polar surface area (TPSA) is 23.6 Å². The van der Waals surface area contributed by atoms with Gasteiger partial charge in [0.1, 0.15) is 0 Å². The highest BCUT2D eigenvalue weighted by Crippen LogP contribution is 2.20. The molecule has 0 aromatic carbocycles. The fourth-order valence-electron chi connectivity index (χ4n) is 2.94. The SMILES string of the molecule is CCCCCCC(CCCC)C(=O)N1CCN(C)CC1. The Morgan fingerprint density at radius 1 is 0.900 bits per heavy atom. The zero-order chi connectivity index (χ0) is 14.8. The summed E-state index contributed by atoms with van der Waals surface area (Å²) in [5.41, 5.74) is 0. The monoisotopic (exact) mass is 282 g/mol. The average molecular weight is 282 g/mol. The minimum absolute atomic E-state index is 0.287. The Balaban J connectivity index is 2.41. The smallest absolute Gasteiger partial charge is 0.225 e. The van der Waals surface area contributed by atoms with Crippen LogP contribution >= 0.6 is 0 Å². The van der Waals surface area contributed by atoms with Crippen LogP contribution in [0.25, 0.3) is 0 Å². The number of carbonyl (C=O) groups excluding carboxylic acids is 1. The van der Waals surface area contributed by atoms with E-state index < -0.39 is 0 Å². The number of nitrogens with zero attached hydrogens (tertiary/aromatic N) is 2. The van der Waals surface area contributed by atoms with E-state index in [9.17, 15) is 4.79 Å². The summed E-state index contributed by atoms with van der Waals surface area (Å²) in [6.45, 7) is 8.36. The van der Waals surface area contributed by atoms with E-state index in [0.717, 1.165) is 39.0 Å². The molecule has 20 heavy (non-hydrogen) atoms. The summed E-state index contributed by atoms with van der Waals surface area (Å²) < 4.78 is 0. The molecule has 0 aromatic heterocycles. The molecule has 0 spiro atoms. The van der Waals surface area contributed by atoms with Gasteiger partial charge >= 0.3 is 0 Å². The lowest BCUT2D eigenvalue weighted by Gasteiger charge is -2.34. The molecule has 118 valence electrons. The molecule has 1 rings (SSSR count). The fourth-order valence-corrected chi connectivity index (χ4v) is 2.94. The van der Waals surface area contributed by atoms with Crippen molar-refractivity contribution in [3.63, 3.8) is 0 Å². The molecule has 0 aromatic rings. The molecule has 0 aliphatic carbocycles. The fraction of sp³-hybridized carbons (Fsp3) is 0.941. The molecule has 0 radical (unpaired) electrons. The first-order valence-electron chi connectivity index (χ1n) is 8.66. The first kappa shape index (κ1) is 17.5. The van der Waals surface area contributed by atoms with Gasteiger partial charge in [0.25, 0.3) is 0 Å². The number of likely N-dealkylation sites (N-methyl/N-ethyl adjacent to an activating group) is 1.